The third-order valence-electron chi connectivity index (χ3n) is 2.90. The lowest BCUT2D eigenvalue weighted by Crippen LogP contribution is -2.51. The second kappa shape index (κ2) is 3.10. The topological polar surface area (TPSA) is 21.3 Å². The maximum atomic E-state index is 5.49. The van der Waals surface area contributed by atoms with Crippen LogP contribution in [-0.4, -0.2) is 25.3 Å². The van der Waals surface area contributed by atoms with Gasteiger partial charge in [0.1, 0.15) is 0 Å². The SMILES string of the molecule is CC(C)(C)C1=CC2COCC(C1)N2. The van der Waals surface area contributed by atoms with Crippen LogP contribution in [-0.2, 0) is 4.74 Å². The van der Waals surface area contributed by atoms with Crippen molar-refractivity contribution < 1.29 is 4.74 Å². The Morgan fingerprint density at radius 3 is 2.77 bits per heavy atom. The first kappa shape index (κ1) is 9.22. The molecule has 2 heterocycles. The zero-order chi connectivity index (χ0) is 9.47. The molecule has 2 aliphatic heterocycles. The van der Waals surface area contributed by atoms with Crippen LogP contribution in [0.3, 0.4) is 0 Å². The largest absolute Gasteiger partial charge is 0.378 e. The van der Waals surface area contributed by atoms with Gasteiger partial charge in [0.05, 0.1) is 13.2 Å². The molecule has 0 aromatic carbocycles. The van der Waals surface area contributed by atoms with Crippen molar-refractivity contribution in [2.45, 2.75) is 39.3 Å². The molecule has 0 radical (unpaired) electrons. The average molecular weight is 181 g/mol. The molecule has 2 bridgehead atoms. The predicted molar refractivity (Wildman–Crippen MR) is 53.7 cm³/mol. The van der Waals surface area contributed by atoms with Gasteiger partial charge in [-0.2, -0.15) is 0 Å². The highest BCUT2D eigenvalue weighted by molar-refractivity contribution is 5.20. The monoisotopic (exact) mass is 181 g/mol. The Morgan fingerprint density at radius 2 is 2.15 bits per heavy atom. The molecule has 2 nitrogen and oxygen atoms in total. The molecular weight excluding hydrogens is 162 g/mol. The molecule has 2 atom stereocenters. The maximum Gasteiger partial charge on any atom is 0.0656 e. The molecule has 74 valence electrons. The smallest absolute Gasteiger partial charge is 0.0656 e. The fraction of sp³-hybridized carbons (Fsp3) is 0.818. The van der Waals surface area contributed by atoms with E-state index in [9.17, 15) is 0 Å². The number of fused-ring (bicyclic) bond motifs is 2. The van der Waals surface area contributed by atoms with E-state index < -0.39 is 0 Å². The van der Waals surface area contributed by atoms with Crippen molar-refractivity contribution in [3.63, 3.8) is 0 Å². The molecule has 1 fully saturated rings. The van der Waals surface area contributed by atoms with Gasteiger partial charge in [0.15, 0.2) is 0 Å². The molecule has 1 saturated heterocycles. The summed E-state index contributed by atoms with van der Waals surface area (Å²) < 4.78 is 5.49. The standard InChI is InChI=1S/C11H19NO/c1-11(2,3)8-4-9-6-13-7-10(5-8)12-9/h4,9-10,12H,5-7H2,1-3H3. The summed E-state index contributed by atoms with van der Waals surface area (Å²) in [4.78, 5) is 0. The van der Waals surface area contributed by atoms with E-state index in [-0.39, 0.29) is 0 Å². The number of ether oxygens (including phenoxy) is 1. The average Bonchev–Trinajstić information content (AvgIpc) is 2.01. The molecule has 2 unspecified atom stereocenters. The molecular formula is C11H19NO. The Morgan fingerprint density at radius 1 is 1.38 bits per heavy atom. The van der Waals surface area contributed by atoms with Crippen molar-refractivity contribution in [1.82, 2.24) is 5.32 Å². The van der Waals surface area contributed by atoms with E-state index >= 15 is 0 Å². The molecule has 1 N–H and O–H groups in total. The van der Waals surface area contributed by atoms with E-state index in [0.29, 0.717) is 17.5 Å². The van der Waals surface area contributed by atoms with Gasteiger partial charge in [-0.25, -0.2) is 0 Å². The summed E-state index contributed by atoms with van der Waals surface area (Å²) in [7, 11) is 0. The Labute approximate surface area is 80.4 Å². The van der Waals surface area contributed by atoms with Crippen molar-refractivity contribution in [3.8, 4) is 0 Å². The van der Waals surface area contributed by atoms with Crippen LogP contribution in [0, 0.1) is 5.41 Å². The molecule has 2 rings (SSSR count). The first-order chi connectivity index (χ1) is 6.05. The summed E-state index contributed by atoms with van der Waals surface area (Å²) in [6.07, 6.45) is 3.51. The molecule has 13 heavy (non-hydrogen) atoms. The molecule has 0 aliphatic carbocycles. The summed E-state index contributed by atoms with van der Waals surface area (Å²) >= 11 is 0. The van der Waals surface area contributed by atoms with E-state index in [0.717, 1.165) is 19.6 Å². The summed E-state index contributed by atoms with van der Waals surface area (Å²) in [5.74, 6) is 0. The van der Waals surface area contributed by atoms with E-state index in [2.05, 4.69) is 32.2 Å². The van der Waals surface area contributed by atoms with Crippen LogP contribution in [0.2, 0.25) is 0 Å². The van der Waals surface area contributed by atoms with E-state index in [1.807, 2.05) is 0 Å². The predicted octanol–water partition coefficient (Wildman–Crippen LogP) is 1.72. The van der Waals surface area contributed by atoms with Gasteiger partial charge in [0, 0.05) is 12.1 Å². The van der Waals surface area contributed by atoms with E-state index in [4.69, 9.17) is 4.74 Å². The van der Waals surface area contributed by atoms with Crippen LogP contribution in [0.4, 0.5) is 0 Å². The Balaban J connectivity index is 2.17. The van der Waals surface area contributed by atoms with Crippen molar-refractivity contribution in [2.75, 3.05) is 13.2 Å². The zero-order valence-corrected chi connectivity index (χ0v) is 8.76. The molecule has 2 aliphatic rings. The van der Waals surface area contributed by atoms with Crippen molar-refractivity contribution in [2.24, 2.45) is 5.41 Å². The van der Waals surface area contributed by atoms with Gasteiger partial charge in [-0.15, -0.1) is 0 Å². The van der Waals surface area contributed by atoms with Gasteiger partial charge in [-0.1, -0.05) is 32.4 Å². The fourth-order valence-corrected chi connectivity index (χ4v) is 2.08. The highest BCUT2D eigenvalue weighted by atomic mass is 16.5. The Kier molecular flexibility index (Phi) is 2.20. The number of rotatable bonds is 0. The van der Waals surface area contributed by atoms with Gasteiger partial charge in [0.2, 0.25) is 0 Å². The minimum Gasteiger partial charge on any atom is -0.378 e. The Hall–Kier alpha value is -0.340. The maximum absolute atomic E-state index is 5.49. The highest BCUT2D eigenvalue weighted by Crippen LogP contribution is 2.32. The first-order valence-electron chi connectivity index (χ1n) is 5.11. The summed E-state index contributed by atoms with van der Waals surface area (Å²) in [6.45, 7) is 8.60. The van der Waals surface area contributed by atoms with Gasteiger partial charge < -0.3 is 10.1 Å². The minimum atomic E-state index is 0.329. The highest BCUT2D eigenvalue weighted by Gasteiger charge is 2.30. The summed E-state index contributed by atoms with van der Waals surface area (Å²) in [5, 5.41) is 3.55. The number of morpholine rings is 1. The zero-order valence-electron chi connectivity index (χ0n) is 8.76. The number of nitrogens with one attached hydrogen (secondary N) is 1. The van der Waals surface area contributed by atoms with Gasteiger partial charge in [-0.05, 0) is 11.8 Å². The third kappa shape index (κ3) is 1.94. The lowest BCUT2D eigenvalue weighted by molar-refractivity contribution is 0.0505. The molecule has 0 aromatic heterocycles. The normalized spacial score (nSPS) is 34.2. The van der Waals surface area contributed by atoms with Crippen molar-refractivity contribution in [3.05, 3.63) is 11.6 Å². The van der Waals surface area contributed by atoms with Gasteiger partial charge in [-0.3, -0.25) is 0 Å². The summed E-state index contributed by atoms with van der Waals surface area (Å²) in [5.41, 5.74) is 1.92. The second-order valence-corrected chi connectivity index (χ2v) is 5.15. The van der Waals surface area contributed by atoms with Gasteiger partial charge in [0.25, 0.3) is 0 Å². The van der Waals surface area contributed by atoms with Crippen LogP contribution < -0.4 is 5.32 Å². The van der Waals surface area contributed by atoms with E-state index in [1.165, 1.54) is 0 Å². The lowest BCUT2D eigenvalue weighted by Gasteiger charge is -2.38. The minimum absolute atomic E-state index is 0.329. The first-order valence-corrected chi connectivity index (χ1v) is 5.11. The van der Waals surface area contributed by atoms with E-state index in [1.54, 1.807) is 5.57 Å². The number of hydrogen-bond donors (Lipinski definition) is 1. The number of hydrogen-bond acceptors (Lipinski definition) is 2. The van der Waals surface area contributed by atoms with Crippen molar-refractivity contribution in [1.29, 1.82) is 0 Å². The van der Waals surface area contributed by atoms with Gasteiger partial charge >= 0.3 is 0 Å². The molecule has 2 heteroatoms. The fourth-order valence-electron chi connectivity index (χ4n) is 2.08. The molecule has 0 saturated carbocycles. The lowest BCUT2D eigenvalue weighted by atomic mass is 9.79. The van der Waals surface area contributed by atoms with Crippen LogP contribution in [0.1, 0.15) is 27.2 Å². The second-order valence-electron chi connectivity index (χ2n) is 5.15. The molecule has 0 aromatic rings. The quantitative estimate of drug-likeness (QED) is 0.574. The van der Waals surface area contributed by atoms with Crippen molar-refractivity contribution >= 4 is 0 Å². The van der Waals surface area contributed by atoms with Crippen LogP contribution >= 0.6 is 0 Å². The van der Waals surface area contributed by atoms with Crippen LogP contribution in [0.15, 0.2) is 11.6 Å². The molecule has 0 spiro atoms. The van der Waals surface area contributed by atoms with Crippen LogP contribution in [0.5, 0.6) is 0 Å². The van der Waals surface area contributed by atoms with Crippen LogP contribution in [0.25, 0.3) is 0 Å². The third-order valence-corrected chi connectivity index (χ3v) is 2.90. The summed E-state index contributed by atoms with van der Waals surface area (Å²) in [6, 6.07) is 1.01. The molecule has 0 amide bonds. The Bertz CT molecular complexity index is 227.